The normalized spacial score (nSPS) is 11.1. The zero-order valence-corrected chi connectivity index (χ0v) is 28.0. The minimum absolute atomic E-state index is 0.533. The highest BCUT2D eigenvalue weighted by Gasteiger charge is 2.43. The highest BCUT2D eigenvalue weighted by atomic mass is 28.3. The van der Waals surface area contributed by atoms with Gasteiger partial charge < -0.3 is 4.57 Å². The van der Waals surface area contributed by atoms with Crippen LogP contribution in [0.15, 0.2) is 170 Å². The predicted octanol–water partition coefficient (Wildman–Crippen LogP) is 7.44. The molecule has 0 aliphatic heterocycles. The Labute approximate surface area is 291 Å². The zero-order chi connectivity index (χ0) is 34.1. The monoisotopic (exact) mass is 652 g/mol. The van der Waals surface area contributed by atoms with E-state index in [1.54, 1.807) is 0 Å². The first-order chi connectivity index (χ1) is 24.7. The van der Waals surface area contributed by atoms with Crippen molar-refractivity contribution in [1.82, 2.24) is 4.57 Å². The summed E-state index contributed by atoms with van der Waals surface area (Å²) < 4.78 is 2.21. The van der Waals surface area contributed by atoms with Crippen LogP contribution in [0.4, 0.5) is 0 Å². The van der Waals surface area contributed by atoms with E-state index in [2.05, 4.69) is 120 Å². The summed E-state index contributed by atoms with van der Waals surface area (Å²) in [7, 11) is -3.14. The zero-order valence-electron chi connectivity index (χ0n) is 27.0. The van der Waals surface area contributed by atoms with Crippen LogP contribution in [0.3, 0.4) is 0 Å². The molecule has 4 nitrogen and oxygen atoms in total. The van der Waals surface area contributed by atoms with E-state index in [0.717, 1.165) is 43.8 Å². The molecular weight excluding hydrogens is 625 g/mol. The lowest BCUT2D eigenvalue weighted by atomic mass is 9.96. The van der Waals surface area contributed by atoms with Gasteiger partial charge in [0.05, 0.1) is 51.6 Å². The number of benzene rings is 7. The Hall–Kier alpha value is -6.97. The summed E-state index contributed by atoms with van der Waals surface area (Å²) in [6.45, 7) is 0. The van der Waals surface area contributed by atoms with Gasteiger partial charge in [0.25, 0.3) is 0 Å². The van der Waals surface area contributed by atoms with E-state index >= 15 is 0 Å². The van der Waals surface area contributed by atoms with Crippen molar-refractivity contribution in [3.63, 3.8) is 0 Å². The lowest BCUT2D eigenvalue weighted by Gasteiger charge is -2.36. The van der Waals surface area contributed by atoms with E-state index < -0.39 is 8.07 Å². The van der Waals surface area contributed by atoms with Gasteiger partial charge >= 0.3 is 0 Å². The van der Waals surface area contributed by atoms with Crippen molar-refractivity contribution >= 4 is 50.6 Å². The lowest BCUT2D eigenvalue weighted by molar-refractivity contribution is 1.18. The first kappa shape index (κ1) is 30.4. The summed E-state index contributed by atoms with van der Waals surface area (Å²) in [4.78, 5) is 0. The van der Waals surface area contributed by atoms with E-state index in [4.69, 9.17) is 0 Å². The number of nitriles is 3. The minimum atomic E-state index is -3.14. The minimum Gasteiger partial charge on any atom is -0.309 e. The van der Waals surface area contributed by atoms with Crippen molar-refractivity contribution in [2.75, 3.05) is 0 Å². The molecule has 8 aromatic rings. The largest absolute Gasteiger partial charge is 0.309 e. The fraction of sp³-hybridized carbons (Fsp3) is 0. The molecule has 0 amide bonds. The van der Waals surface area contributed by atoms with E-state index in [-0.39, 0.29) is 0 Å². The molecule has 0 bridgehead atoms. The maximum Gasteiger partial charge on any atom is 0.180 e. The molecule has 0 fully saturated rings. The molecule has 50 heavy (non-hydrogen) atoms. The molecule has 0 unspecified atom stereocenters. The van der Waals surface area contributed by atoms with Gasteiger partial charge in [0, 0.05) is 16.3 Å². The van der Waals surface area contributed by atoms with Gasteiger partial charge in [0.1, 0.15) is 0 Å². The second-order valence-corrected chi connectivity index (χ2v) is 16.0. The van der Waals surface area contributed by atoms with Gasteiger partial charge in [-0.2, -0.15) is 15.8 Å². The number of rotatable bonds is 6. The third kappa shape index (κ3) is 4.72. The molecule has 1 heterocycles. The molecule has 8 rings (SSSR count). The summed E-state index contributed by atoms with van der Waals surface area (Å²) in [6.07, 6.45) is 0. The maximum atomic E-state index is 10.8. The molecule has 0 N–H and O–H groups in total. The Balaban J connectivity index is 1.56. The number of fused-ring (bicyclic) bond motifs is 3. The van der Waals surface area contributed by atoms with Crippen LogP contribution in [-0.4, -0.2) is 12.6 Å². The average molecular weight is 653 g/mol. The van der Waals surface area contributed by atoms with Crippen LogP contribution in [0.2, 0.25) is 0 Å². The molecule has 0 aliphatic rings. The van der Waals surface area contributed by atoms with Crippen molar-refractivity contribution in [1.29, 1.82) is 15.8 Å². The Bertz CT molecular complexity index is 2580. The van der Waals surface area contributed by atoms with Crippen molar-refractivity contribution in [2.45, 2.75) is 0 Å². The Morgan fingerprint density at radius 1 is 0.440 bits per heavy atom. The maximum absolute atomic E-state index is 10.8. The van der Waals surface area contributed by atoms with E-state index in [1.165, 1.54) is 15.6 Å². The van der Waals surface area contributed by atoms with Gasteiger partial charge in [0.15, 0.2) is 8.07 Å². The van der Waals surface area contributed by atoms with Crippen molar-refractivity contribution in [3.8, 4) is 35.0 Å². The van der Waals surface area contributed by atoms with Gasteiger partial charge in [-0.3, -0.25) is 0 Å². The quantitative estimate of drug-likeness (QED) is 0.138. The SMILES string of the molecule is N#Cc1ccc(-c2c(C#N)cccc2-n2c3ccccc3c3cc(C#N)ccc32)c([Si](c2ccccc2)(c2ccccc2)c2ccccc2)c1. The van der Waals surface area contributed by atoms with Gasteiger partial charge in [0.2, 0.25) is 0 Å². The summed E-state index contributed by atoms with van der Waals surface area (Å²) >= 11 is 0. The van der Waals surface area contributed by atoms with Crippen LogP contribution in [0.5, 0.6) is 0 Å². The van der Waals surface area contributed by atoms with Gasteiger partial charge in [-0.05, 0) is 74.8 Å². The third-order valence-corrected chi connectivity index (χ3v) is 14.5. The molecule has 232 valence electrons. The van der Waals surface area contributed by atoms with Crippen LogP contribution in [0, 0.1) is 34.0 Å². The summed E-state index contributed by atoms with van der Waals surface area (Å²) in [5.41, 5.74) is 6.13. The average Bonchev–Trinajstić information content (AvgIpc) is 3.52. The molecule has 7 aromatic carbocycles. The van der Waals surface area contributed by atoms with Crippen LogP contribution < -0.4 is 20.7 Å². The highest BCUT2D eigenvalue weighted by Crippen LogP contribution is 2.38. The fourth-order valence-electron chi connectivity index (χ4n) is 7.58. The fourth-order valence-corrected chi connectivity index (χ4v) is 12.6. The molecular formula is C45H28N4Si. The molecule has 0 saturated carbocycles. The second-order valence-electron chi connectivity index (χ2n) is 12.2. The number of para-hydroxylation sites is 1. The van der Waals surface area contributed by atoms with E-state index in [1.807, 2.05) is 72.8 Å². The number of hydrogen-bond acceptors (Lipinski definition) is 3. The Kier molecular flexibility index (Phi) is 7.63. The number of aromatic nitrogens is 1. The standard InChI is InChI=1S/C45H28N4Si/c46-29-32-24-26-42-40(27-32)38-20-10-11-21-41(38)49(42)43-22-12-13-34(31-48)45(43)39-25-23-33(30-47)28-44(39)50(35-14-4-1-5-15-35,36-16-6-2-7-17-36)37-18-8-3-9-19-37/h1-28H. The van der Waals surface area contributed by atoms with Crippen LogP contribution in [0.1, 0.15) is 16.7 Å². The number of hydrogen-bond donors (Lipinski definition) is 0. The van der Waals surface area contributed by atoms with Crippen LogP contribution >= 0.6 is 0 Å². The lowest BCUT2D eigenvalue weighted by Crippen LogP contribution is -2.75. The van der Waals surface area contributed by atoms with Crippen LogP contribution in [0.25, 0.3) is 38.6 Å². The van der Waals surface area contributed by atoms with Crippen molar-refractivity contribution < 1.29 is 0 Å². The van der Waals surface area contributed by atoms with Crippen molar-refractivity contribution in [3.05, 3.63) is 187 Å². The predicted molar refractivity (Wildman–Crippen MR) is 204 cm³/mol. The van der Waals surface area contributed by atoms with E-state index in [9.17, 15) is 15.8 Å². The first-order valence-corrected chi connectivity index (χ1v) is 18.4. The number of nitrogens with zero attached hydrogens (tertiary/aromatic N) is 4. The van der Waals surface area contributed by atoms with E-state index in [0.29, 0.717) is 16.7 Å². The second kappa shape index (κ2) is 12.6. The molecule has 5 heteroatoms. The topological polar surface area (TPSA) is 76.3 Å². The van der Waals surface area contributed by atoms with Crippen LogP contribution in [-0.2, 0) is 0 Å². The molecule has 0 spiro atoms. The molecule has 0 radical (unpaired) electrons. The smallest absolute Gasteiger partial charge is 0.180 e. The molecule has 0 saturated heterocycles. The Morgan fingerprint density at radius 3 is 1.58 bits per heavy atom. The summed E-state index contributed by atoms with van der Waals surface area (Å²) in [5.74, 6) is 0. The summed E-state index contributed by atoms with van der Waals surface area (Å²) in [5, 5.41) is 37.5. The van der Waals surface area contributed by atoms with Gasteiger partial charge in [-0.25, -0.2) is 0 Å². The molecule has 0 atom stereocenters. The molecule has 0 aliphatic carbocycles. The highest BCUT2D eigenvalue weighted by molar-refractivity contribution is 7.20. The summed E-state index contributed by atoms with van der Waals surface area (Å²) in [6, 6.07) is 64.8. The Morgan fingerprint density at radius 2 is 0.980 bits per heavy atom. The first-order valence-electron chi connectivity index (χ1n) is 16.4. The molecule has 1 aromatic heterocycles. The van der Waals surface area contributed by atoms with Gasteiger partial charge in [-0.1, -0.05) is 121 Å². The van der Waals surface area contributed by atoms with Crippen molar-refractivity contribution in [2.24, 2.45) is 0 Å². The third-order valence-electron chi connectivity index (χ3n) is 9.65. The van der Waals surface area contributed by atoms with Gasteiger partial charge in [-0.15, -0.1) is 0 Å².